The minimum absolute atomic E-state index is 0.256. The van der Waals surface area contributed by atoms with Crippen LogP contribution in [-0.2, 0) is 17.6 Å². The van der Waals surface area contributed by atoms with Crippen LogP contribution in [0.25, 0.3) is 11.1 Å². The smallest absolute Gasteiger partial charge is 0.306 e. The van der Waals surface area contributed by atoms with Crippen molar-refractivity contribution in [1.29, 1.82) is 0 Å². The van der Waals surface area contributed by atoms with E-state index in [0.29, 0.717) is 41.0 Å². The van der Waals surface area contributed by atoms with Crippen LogP contribution in [0.5, 0.6) is 11.5 Å². The van der Waals surface area contributed by atoms with Gasteiger partial charge in [-0.25, -0.2) is 4.39 Å². The molecule has 28 heavy (non-hydrogen) atoms. The fourth-order valence-corrected chi connectivity index (χ4v) is 3.77. The molecule has 0 aliphatic heterocycles. The Morgan fingerprint density at radius 2 is 1.82 bits per heavy atom. The summed E-state index contributed by atoms with van der Waals surface area (Å²) in [5.41, 5.74) is 3.95. The van der Waals surface area contributed by atoms with Gasteiger partial charge in [0.2, 0.25) is 0 Å². The molecule has 1 atom stereocenters. The highest BCUT2D eigenvalue weighted by molar-refractivity contribution is 5.72. The van der Waals surface area contributed by atoms with Crippen molar-refractivity contribution in [2.75, 3.05) is 0 Å². The van der Waals surface area contributed by atoms with Gasteiger partial charge in [-0.15, -0.1) is 0 Å². The van der Waals surface area contributed by atoms with Gasteiger partial charge in [0.15, 0.2) is 0 Å². The van der Waals surface area contributed by atoms with E-state index in [1.165, 1.54) is 5.56 Å². The lowest BCUT2D eigenvalue weighted by molar-refractivity contribution is -0.142. The van der Waals surface area contributed by atoms with E-state index in [4.69, 9.17) is 4.74 Å². The number of hydrogen-bond acceptors (Lipinski definition) is 2. The lowest BCUT2D eigenvalue weighted by Gasteiger charge is -2.22. The van der Waals surface area contributed by atoms with Gasteiger partial charge in [-0.05, 0) is 61.1 Å². The van der Waals surface area contributed by atoms with Crippen LogP contribution in [0.2, 0.25) is 0 Å². The zero-order valence-electron chi connectivity index (χ0n) is 15.6. The van der Waals surface area contributed by atoms with Gasteiger partial charge in [-0.1, -0.05) is 42.5 Å². The van der Waals surface area contributed by atoms with Crippen molar-refractivity contribution in [3.63, 3.8) is 0 Å². The van der Waals surface area contributed by atoms with Crippen LogP contribution in [0.1, 0.15) is 23.1 Å². The minimum Gasteiger partial charge on any atom is -0.481 e. The molecule has 0 fully saturated rings. The summed E-state index contributed by atoms with van der Waals surface area (Å²) in [6, 6.07) is 18.5. The Hall–Kier alpha value is -3.14. The molecule has 3 aromatic rings. The predicted octanol–water partition coefficient (Wildman–Crippen LogP) is 5.78. The first-order valence-electron chi connectivity index (χ1n) is 9.40. The van der Waals surface area contributed by atoms with E-state index in [9.17, 15) is 14.3 Å². The summed E-state index contributed by atoms with van der Waals surface area (Å²) in [7, 11) is 0. The van der Waals surface area contributed by atoms with Gasteiger partial charge in [-0.2, -0.15) is 0 Å². The van der Waals surface area contributed by atoms with Crippen molar-refractivity contribution in [3.8, 4) is 22.6 Å². The highest BCUT2D eigenvalue weighted by Gasteiger charge is 2.24. The van der Waals surface area contributed by atoms with Crippen molar-refractivity contribution >= 4 is 5.97 Å². The maximum absolute atomic E-state index is 14.6. The van der Waals surface area contributed by atoms with Crippen molar-refractivity contribution < 1.29 is 19.0 Å². The van der Waals surface area contributed by atoms with E-state index in [0.717, 1.165) is 12.0 Å². The molecule has 4 rings (SSSR count). The molecule has 0 heterocycles. The number of aliphatic carboxylic acids is 1. The maximum Gasteiger partial charge on any atom is 0.306 e. The predicted molar refractivity (Wildman–Crippen MR) is 106 cm³/mol. The lowest BCUT2D eigenvalue weighted by Crippen LogP contribution is -2.22. The summed E-state index contributed by atoms with van der Waals surface area (Å²) in [4.78, 5) is 11.3. The van der Waals surface area contributed by atoms with E-state index in [1.54, 1.807) is 19.1 Å². The Morgan fingerprint density at radius 1 is 1.04 bits per heavy atom. The molecule has 0 amide bonds. The number of carboxylic acids is 1. The van der Waals surface area contributed by atoms with Crippen LogP contribution in [0.15, 0.2) is 60.7 Å². The third kappa shape index (κ3) is 3.50. The molecule has 142 valence electrons. The number of halogens is 1. The molecule has 0 spiro atoms. The largest absolute Gasteiger partial charge is 0.481 e. The molecule has 1 aliphatic carbocycles. The van der Waals surface area contributed by atoms with E-state index in [2.05, 4.69) is 0 Å². The van der Waals surface area contributed by atoms with Gasteiger partial charge in [0.1, 0.15) is 17.3 Å². The number of carbonyl (C=O) groups is 1. The molecule has 0 radical (unpaired) electrons. The number of benzene rings is 3. The van der Waals surface area contributed by atoms with Gasteiger partial charge in [-0.3, -0.25) is 4.79 Å². The molecular formula is C24H21FO3. The molecule has 1 N–H and O–H groups in total. The number of carboxylic acid groups (broad SMARTS) is 1. The van der Waals surface area contributed by atoms with Gasteiger partial charge >= 0.3 is 5.97 Å². The third-order valence-corrected chi connectivity index (χ3v) is 5.35. The molecule has 3 nitrogen and oxygen atoms in total. The van der Waals surface area contributed by atoms with Crippen molar-refractivity contribution in [2.45, 2.75) is 26.2 Å². The van der Waals surface area contributed by atoms with Crippen LogP contribution >= 0.6 is 0 Å². The Balaban J connectivity index is 1.67. The Bertz CT molecular complexity index is 1040. The zero-order valence-corrected chi connectivity index (χ0v) is 15.6. The van der Waals surface area contributed by atoms with E-state index >= 15 is 0 Å². The Morgan fingerprint density at radius 3 is 2.64 bits per heavy atom. The number of aryl methyl sites for hydroxylation is 2. The second-order valence-electron chi connectivity index (χ2n) is 7.24. The van der Waals surface area contributed by atoms with E-state index in [1.807, 2.05) is 48.5 Å². The SMILES string of the molecule is Cc1cccc(-c2ccccc2Oc2ccc3c(c2)CC(C(=O)O)CC3)c1F. The summed E-state index contributed by atoms with van der Waals surface area (Å²) in [5.74, 6) is -0.162. The second kappa shape index (κ2) is 7.47. The number of fused-ring (bicyclic) bond motifs is 1. The van der Waals surface area contributed by atoms with Crippen molar-refractivity contribution in [2.24, 2.45) is 5.92 Å². The van der Waals surface area contributed by atoms with Crippen LogP contribution in [0.3, 0.4) is 0 Å². The van der Waals surface area contributed by atoms with Gasteiger partial charge in [0.05, 0.1) is 5.92 Å². The fraction of sp³-hybridized carbons (Fsp3) is 0.208. The summed E-state index contributed by atoms with van der Waals surface area (Å²) in [6.07, 6.45) is 1.94. The second-order valence-corrected chi connectivity index (χ2v) is 7.24. The number of hydrogen-bond donors (Lipinski definition) is 1. The lowest BCUT2D eigenvalue weighted by atomic mass is 9.84. The molecule has 0 saturated carbocycles. The molecule has 3 aromatic carbocycles. The molecule has 1 aliphatic rings. The molecule has 0 saturated heterocycles. The summed E-state index contributed by atoms with van der Waals surface area (Å²) in [6.45, 7) is 1.74. The van der Waals surface area contributed by atoms with Crippen LogP contribution in [0.4, 0.5) is 4.39 Å². The molecule has 0 aromatic heterocycles. The first-order chi connectivity index (χ1) is 13.5. The summed E-state index contributed by atoms with van der Waals surface area (Å²) < 4.78 is 20.7. The monoisotopic (exact) mass is 376 g/mol. The maximum atomic E-state index is 14.6. The van der Waals surface area contributed by atoms with E-state index in [-0.39, 0.29) is 11.7 Å². The first-order valence-corrected chi connectivity index (χ1v) is 9.40. The molecule has 4 heteroatoms. The summed E-state index contributed by atoms with van der Waals surface area (Å²) >= 11 is 0. The van der Waals surface area contributed by atoms with Crippen LogP contribution in [0, 0.1) is 18.7 Å². The third-order valence-electron chi connectivity index (χ3n) is 5.35. The Labute approximate surface area is 163 Å². The highest BCUT2D eigenvalue weighted by atomic mass is 19.1. The Kier molecular flexibility index (Phi) is 4.86. The van der Waals surface area contributed by atoms with Crippen molar-refractivity contribution in [1.82, 2.24) is 0 Å². The quantitative estimate of drug-likeness (QED) is 0.627. The van der Waals surface area contributed by atoms with Crippen LogP contribution < -0.4 is 4.74 Å². The van der Waals surface area contributed by atoms with Gasteiger partial charge in [0, 0.05) is 11.1 Å². The summed E-state index contributed by atoms with van der Waals surface area (Å²) in [5, 5.41) is 9.31. The van der Waals surface area contributed by atoms with Crippen molar-refractivity contribution in [3.05, 3.63) is 83.2 Å². The average molecular weight is 376 g/mol. The normalized spacial score (nSPS) is 15.7. The number of ether oxygens (including phenoxy) is 1. The van der Waals surface area contributed by atoms with Gasteiger partial charge < -0.3 is 9.84 Å². The highest BCUT2D eigenvalue weighted by Crippen LogP contribution is 2.37. The first kappa shape index (κ1) is 18.2. The van der Waals surface area contributed by atoms with Gasteiger partial charge in [0.25, 0.3) is 0 Å². The molecule has 1 unspecified atom stereocenters. The van der Waals surface area contributed by atoms with E-state index < -0.39 is 5.97 Å². The minimum atomic E-state index is -0.753. The zero-order chi connectivity index (χ0) is 19.7. The number of para-hydroxylation sites is 1. The van der Waals surface area contributed by atoms with Crippen LogP contribution in [-0.4, -0.2) is 11.1 Å². The fourth-order valence-electron chi connectivity index (χ4n) is 3.77. The average Bonchev–Trinajstić information content (AvgIpc) is 2.70. The molecule has 0 bridgehead atoms. The topological polar surface area (TPSA) is 46.5 Å². The number of rotatable bonds is 4. The standard InChI is InChI=1S/C24H21FO3/c1-15-5-4-7-21(23(15)25)20-6-2-3-8-22(20)28-19-12-11-16-9-10-17(24(26)27)13-18(16)14-19/h2-8,11-12,14,17H,9-10,13H2,1H3,(H,26,27). The molecular weight excluding hydrogens is 355 g/mol.